The van der Waals surface area contributed by atoms with Crippen molar-refractivity contribution >= 4 is 0 Å². The fourth-order valence-corrected chi connectivity index (χ4v) is 2.32. The van der Waals surface area contributed by atoms with Gasteiger partial charge in [0.05, 0.1) is 6.10 Å². The molecule has 0 bridgehead atoms. The number of nitrogens with zero attached hydrogens (tertiary/aromatic N) is 1. The fourth-order valence-electron chi connectivity index (χ4n) is 2.32. The van der Waals surface area contributed by atoms with Crippen LogP contribution in [0.5, 0.6) is 0 Å². The molecule has 0 aromatic carbocycles. The van der Waals surface area contributed by atoms with E-state index in [9.17, 15) is 5.11 Å². The summed E-state index contributed by atoms with van der Waals surface area (Å²) in [7, 11) is 0. The van der Waals surface area contributed by atoms with Crippen LogP contribution in [0.1, 0.15) is 33.1 Å². The summed E-state index contributed by atoms with van der Waals surface area (Å²) in [6, 6.07) is 0. The average Bonchev–Trinajstić information content (AvgIpc) is 2.73. The summed E-state index contributed by atoms with van der Waals surface area (Å²) in [6.45, 7) is 7.78. The molecule has 0 radical (unpaired) electrons. The highest BCUT2D eigenvalue weighted by Gasteiger charge is 2.54. The van der Waals surface area contributed by atoms with Crippen molar-refractivity contribution in [1.82, 2.24) is 4.90 Å². The maximum Gasteiger partial charge on any atom is 0.0735 e. The molecule has 1 aliphatic carbocycles. The molecule has 2 nitrogen and oxygen atoms in total. The first-order valence-corrected chi connectivity index (χ1v) is 5.53. The van der Waals surface area contributed by atoms with E-state index >= 15 is 0 Å². The fraction of sp³-hybridized carbons (Fsp3) is 1.00. The molecule has 0 aromatic rings. The van der Waals surface area contributed by atoms with Gasteiger partial charge in [-0.15, -0.1) is 0 Å². The van der Waals surface area contributed by atoms with Crippen LogP contribution in [-0.4, -0.2) is 35.7 Å². The second-order valence-corrected chi connectivity index (χ2v) is 5.30. The van der Waals surface area contributed by atoms with Gasteiger partial charge in [0.15, 0.2) is 0 Å². The lowest BCUT2D eigenvalue weighted by Gasteiger charge is -2.16. The highest BCUT2D eigenvalue weighted by Crippen LogP contribution is 2.52. The largest absolute Gasteiger partial charge is 0.391 e. The minimum Gasteiger partial charge on any atom is -0.391 e. The van der Waals surface area contributed by atoms with E-state index in [0.717, 1.165) is 19.0 Å². The molecule has 1 saturated carbocycles. The highest BCUT2D eigenvalue weighted by molar-refractivity contribution is 5.06. The lowest BCUT2D eigenvalue weighted by atomic mass is 10.0. The number of aliphatic hydroxyl groups excluding tert-OH is 1. The zero-order valence-corrected chi connectivity index (χ0v) is 8.79. The van der Waals surface area contributed by atoms with E-state index in [0.29, 0.717) is 5.41 Å². The summed E-state index contributed by atoms with van der Waals surface area (Å²) in [4.78, 5) is 2.44. The van der Waals surface area contributed by atoms with E-state index in [1.807, 2.05) is 0 Å². The second kappa shape index (κ2) is 3.25. The Hall–Kier alpha value is -0.0800. The van der Waals surface area contributed by atoms with Crippen molar-refractivity contribution in [3.63, 3.8) is 0 Å². The van der Waals surface area contributed by atoms with Crippen LogP contribution in [0.3, 0.4) is 0 Å². The maximum atomic E-state index is 9.81. The van der Waals surface area contributed by atoms with E-state index in [1.54, 1.807) is 0 Å². The van der Waals surface area contributed by atoms with Gasteiger partial charge in [-0.1, -0.05) is 13.8 Å². The van der Waals surface area contributed by atoms with Crippen molar-refractivity contribution in [2.45, 2.75) is 39.2 Å². The van der Waals surface area contributed by atoms with Gasteiger partial charge in [0.2, 0.25) is 0 Å². The summed E-state index contributed by atoms with van der Waals surface area (Å²) in [6.07, 6.45) is 3.75. The van der Waals surface area contributed by atoms with Crippen molar-refractivity contribution in [3.8, 4) is 0 Å². The zero-order chi connectivity index (χ0) is 9.47. The molecule has 1 aliphatic heterocycles. The SMILES string of the molecule is CC(C)CCN1CC(O)C2(CC2)C1. The van der Waals surface area contributed by atoms with E-state index in [1.165, 1.54) is 25.8 Å². The van der Waals surface area contributed by atoms with Gasteiger partial charge < -0.3 is 10.0 Å². The van der Waals surface area contributed by atoms with E-state index in [-0.39, 0.29) is 6.10 Å². The normalized spacial score (nSPS) is 31.8. The molecule has 0 aromatic heterocycles. The molecular formula is C11H21NO. The number of hydrogen-bond donors (Lipinski definition) is 1. The smallest absolute Gasteiger partial charge is 0.0735 e. The first kappa shape index (κ1) is 9.47. The Morgan fingerprint density at radius 3 is 2.62 bits per heavy atom. The molecule has 13 heavy (non-hydrogen) atoms. The Labute approximate surface area is 80.9 Å². The molecule has 2 fully saturated rings. The third-order valence-electron chi connectivity index (χ3n) is 3.59. The zero-order valence-electron chi connectivity index (χ0n) is 8.79. The molecule has 76 valence electrons. The van der Waals surface area contributed by atoms with Gasteiger partial charge in [-0.2, -0.15) is 0 Å². The molecule has 2 heteroatoms. The second-order valence-electron chi connectivity index (χ2n) is 5.30. The standard InChI is InChI=1S/C11H21NO/c1-9(2)3-6-12-7-10(13)11(8-12)4-5-11/h9-10,13H,3-8H2,1-2H3. The Bertz CT molecular complexity index is 187. The molecule has 2 rings (SSSR count). The van der Waals surface area contributed by atoms with E-state index in [2.05, 4.69) is 18.7 Å². The maximum absolute atomic E-state index is 9.81. The average molecular weight is 183 g/mol. The summed E-state index contributed by atoms with van der Waals surface area (Å²) in [5, 5.41) is 9.81. The Kier molecular flexibility index (Phi) is 2.37. The van der Waals surface area contributed by atoms with Crippen molar-refractivity contribution in [2.75, 3.05) is 19.6 Å². The molecule has 1 unspecified atom stereocenters. The molecule has 1 saturated heterocycles. The van der Waals surface area contributed by atoms with Crippen LogP contribution in [0.25, 0.3) is 0 Å². The lowest BCUT2D eigenvalue weighted by molar-refractivity contribution is 0.131. The first-order valence-electron chi connectivity index (χ1n) is 5.53. The Balaban J connectivity index is 1.78. The molecule has 1 spiro atoms. The van der Waals surface area contributed by atoms with Crippen LogP contribution < -0.4 is 0 Å². The third kappa shape index (κ3) is 1.89. The highest BCUT2D eigenvalue weighted by atomic mass is 16.3. The molecule has 1 atom stereocenters. The molecule has 1 heterocycles. The molecular weight excluding hydrogens is 162 g/mol. The van der Waals surface area contributed by atoms with E-state index in [4.69, 9.17) is 0 Å². The van der Waals surface area contributed by atoms with Gasteiger partial charge in [0, 0.05) is 18.5 Å². The van der Waals surface area contributed by atoms with Crippen LogP contribution in [0.15, 0.2) is 0 Å². The lowest BCUT2D eigenvalue weighted by Crippen LogP contribution is -2.24. The van der Waals surface area contributed by atoms with Crippen molar-refractivity contribution in [1.29, 1.82) is 0 Å². The van der Waals surface area contributed by atoms with Crippen molar-refractivity contribution in [2.24, 2.45) is 11.3 Å². The summed E-state index contributed by atoms with van der Waals surface area (Å²) in [5.74, 6) is 0.785. The van der Waals surface area contributed by atoms with E-state index < -0.39 is 0 Å². The number of likely N-dealkylation sites (tertiary alicyclic amines) is 1. The molecule has 0 amide bonds. The predicted octanol–water partition coefficient (Wildman–Crippen LogP) is 1.49. The third-order valence-corrected chi connectivity index (χ3v) is 3.59. The van der Waals surface area contributed by atoms with Gasteiger partial charge in [0.1, 0.15) is 0 Å². The number of hydrogen-bond acceptors (Lipinski definition) is 2. The van der Waals surface area contributed by atoms with Crippen LogP contribution in [-0.2, 0) is 0 Å². The topological polar surface area (TPSA) is 23.5 Å². The van der Waals surface area contributed by atoms with Crippen molar-refractivity contribution < 1.29 is 5.11 Å². The Morgan fingerprint density at radius 1 is 1.46 bits per heavy atom. The summed E-state index contributed by atoms with van der Waals surface area (Å²) < 4.78 is 0. The minimum atomic E-state index is -0.0281. The van der Waals surface area contributed by atoms with Crippen LogP contribution in [0, 0.1) is 11.3 Å². The van der Waals surface area contributed by atoms with Crippen molar-refractivity contribution in [3.05, 3.63) is 0 Å². The van der Waals surface area contributed by atoms with Crippen LogP contribution in [0.4, 0.5) is 0 Å². The number of rotatable bonds is 3. The Morgan fingerprint density at radius 2 is 2.15 bits per heavy atom. The first-order chi connectivity index (χ1) is 6.12. The number of β-amino-alcohol motifs (C(OH)–C–C–N with tert-alkyl or cyclic N) is 1. The minimum absolute atomic E-state index is 0.0281. The summed E-state index contributed by atoms with van der Waals surface area (Å²) >= 11 is 0. The van der Waals surface area contributed by atoms with Gasteiger partial charge in [-0.05, 0) is 31.7 Å². The van der Waals surface area contributed by atoms with Gasteiger partial charge in [-0.3, -0.25) is 0 Å². The predicted molar refractivity (Wildman–Crippen MR) is 53.6 cm³/mol. The van der Waals surface area contributed by atoms with Crippen LogP contribution in [0.2, 0.25) is 0 Å². The molecule has 1 N–H and O–H groups in total. The van der Waals surface area contributed by atoms with Gasteiger partial charge in [-0.25, -0.2) is 0 Å². The monoisotopic (exact) mass is 183 g/mol. The van der Waals surface area contributed by atoms with Crippen LogP contribution >= 0.6 is 0 Å². The summed E-state index contributed by atoms with van der Waals surface area (Å²) in [5.41, 5.74) is 0.344. The number of aliphatic hydroxyl groups is 1. The van der Waals surface area contributed by atoms with Gasteiger partial charge in [0.25, 0.3) is 0 Å². The molecule has 2 aliphatic rings. The van der Waals surface area contributed by atoms with Gasteiger partial charge >= 0.3 is 0 Å². The quantitative estimate of drug-likeness (QED) is 0.716.